The minimum atomic E-state index is -2.73. The summed E-state index contributed by atoms with van der Waals surface area (Å²) in [5.41, 5.74) is 3.96. The van der Waals surface area contributed by atoms with Crippen molar-refractivity contribution in [2.24, 2.45) is 0 Å². The molecule has 2 aromatic rings. The molecule has 0 aliphatic heterocycles. The Balaban J connectivity index is 2.76. The zero-order valence-corrected chi connectivity index (χ0v) is 18.1. The fourth-order valence-electron chi connectivity index (χ4n) is 3.65. The Morgan fingerprint density at radius 3 is 1.92 bits per heavy atom. The van der Waals surface area contributed by atoms with E-state index in [1.807, 2.05) is 0 Å². The minimum absolute atomic E-state index is 1.11. The molecule has 0 fully saturated rings. The molecule has 0 atom stereocenters. The van der Waals surface area contributed by atoms with Crippen LogP contribution in [0.1, 0.15) is 12.5 Å². The third-order valence-corrected chi connectivity index (χ3v) is 18.4. The average Bonchev–Trinajstić information content (AvgIpc) is 2.63. The van der Waals surface area contributed by atoms with Crippen LogP contribution in [0.3, 0.4) is 0 Å². The second kappa shape index (κ2) is 9.62. The van der Waals surface area contributed by atoms with Crippen LogP contribution in [0.5, 0.6) is 0 Å². The van der Waals surface area contributed by atoms with Crippen LogP contribution in [0.25, 0.3) is 17.2 Å². The summed E-state index contributed by atoms with van der Waals surface area (Å²) in [7, 11) is 0. The van der Waals surface area contributed by atoms with Gasteiger partial charge in [0.05, 0.1) is 0 Å². The molecule has 0 saturated heterocycles. The van der Waals surface area contributed by atoms with Gasteiger partial charge in [-0.1, -0.05) is 0 Å². The third-order valence-electron chi connectivity index (χ3n) is 4.70. The van der Waals surface area contributed by atoms with Gasteiger partial charge >= 0.3 is 158 Å². The van der Waals surface area contributed by atoms with Gasteiger partial charge in [-0.2, -0.15) is 0 Å². The molecular weight excluding hydrogens is 407 g/mol. The summed E-state index contributed by atoms with van der Waals surface area (Å²) < 4.78 is 4.87. The van der Waals surface area contributed by atoms with Gasteiger partial charge in [-0.25, -0.2) is 0 Å². The quantitative estimate of drug-likeness (QED) is 0.308. The molecule has 0 unspecified atom stereocenters. The van der Waals surface area contributed by atoms with Gasteiger partial charge in [0.1, 0.15) is 0 Å². The van der Waals surface area contributed by atoms with E-state index in [0.29, 0.717) is 0 Å². The molecule has 1 heteroatoms. The average molecular weight is 435 g/mol. The van der Waals surface area contributed by atoms with Gasteiger partial charge in [0.25, 0.3) is 0 Å². The molecule has 0 heterocycles. The summed E-state index contributed by atoms with van der Waals surface area (Å²) in [4.78, 5) is 0. The van der Waals surface area contributed by atoms with Crippen LogP contribution in [-0.4, -0.2) is 18.4 Å². The SMILES string of the molecule is C=C[CH2][Sn]([CH2]C=C)([CH2]C=C)[c]1cccc(-c2ccccc2)c1C=CC. The molecule has 0 saturated carbocycles. The van der Waals surface area contributed by atoms with E-state index in [0.717, 1.165) is 13.3 Å². The van der Waals surface area contributed by atoms with E-state index in [2.05, 4.69) is 106 Å². The fourth-order valence-corrected chi connectivity index (χ4v) is 15.2. The molecule has 0 nitrogen and oxygen atoms in total. The summed E-state index contributed by atoms with van der Waals surface area (Å²) in [5, 5.41) is 0. The first kappa shape index (κ1) is 19.5. The van der Waals surface area contributed by atoms with Gasteiger partial charge in [0.15, 0.2) is 0 Å². The summed E-state index contributed by atoms with van der Waals surface area (Å²) in [6.45, 7) is 14.3. The predicted molar refractivity (Wildman–Crippen MR) is 117 cm³/mol. The van der Waals surface area contributed by atoms with Crippen molar-refractivity contribution in [2.45, 2.75) is 20.2 Å². The van der Waals surface area contributed by atoms with Gasteiger partial charge in [0, 0.05) is 0 Å². The number of hydrogen-bond donors (Lipinski definition) is 0. The summed E-state index contributed by atoms with van der Waals surface area (Å²) in [6, 6.07) is 17.5. The first-order valence-corrected chi connectivity index (χ1v) is 16.3. The summed E-state index contributed by atoms with van der Waals surface area (Å²) in [6.07, 6.45) is 10.8. The van der Waals surface area contributed by atoms with Gasteiger partial charge in [0.2, 0.25) is 0 Å². The van der Waals surface area contributed by atoms with Crippen molar-refractivity contribution in [2.75, 3.05) is 0 Å². The number of allylic oxidation sites excluding steroid dienone is 4. The van der Waals surface area contributed by atoms with E-state index in [-0.39, 0.29) is 0 Å². The maximum atomic E-state index is 4.06. The maximum absolute atomic E-state index is 4.06. The zero-order chi connectivity index (χ0) is 18.1. The molecule has 0 aromatic heterocycles. The Hall–Kier alpha value is -1.80. The molecule has 0 radical (unpaired) electrons. The van der Waals surface area contributed by atoms with Crippen molar-refractivity contribution in [3.05, 3.63) is 98.1 Å². The van der Waals surface area contributed by atoms with Crippen LogP contribution >= 0.6 is 0 Å². The van der Waals surface area contributed by atoms with Crippen molar-refractivity contribution < 1.29 is 0 Å². The summed E-state index contributed by atoms with van der Waals surface area (Å²) in [5.74, 6) is 0. The van der Waals surface area contributed by atoms with Gasteiger partial charge in [-0.3, -0.25) is 0 Å². The monoisotopic (exact) mass is 436 g/mol. The first-order chi connectivity index (χ1) is 12.2. The van der Waals surface area contributed by atoms with E-state index in [1.54, 1.807) is 3.58 Å². The Morgan fingerprint density at radius 1 is 0.800 bits per heavy atom. The second-order valence-electron chi connectivity index (χ2n) is 6.39. The molecule has 0 aliphatic rings. The number of rotatable bonds is 9. The van der Waals surface area contributed by atoms with Gasteiger partial charge in [-0.15, -0.1) is 0 Å². The second-order valence-corrected chi connectivity index (χ2v) is 18.7. The van der Waals surface area contributed by atoms with E-state index in [9.17, 15) is 0 Å². The molecule has 0 aliphatic carbocycles. The van der Waals surface area contributed by atoms with Crippen molar-refractivity contribution in [1.29, 1.82) is 0 Å². The van der Waals surface area contributed by atoms with E-state index < -0.39 is 18.4 Å². The van der Waals surface area contributed by atoms with Gasteiger partial charge in [-0.05, 0) is 0 Å². The van der Waals surface area contributed by atoms with E-state index in [1.165, 1.54) is 16.7 Å². The number of benzene rings is 2. The normalized spacial score (nSPS) is 11.4. The Labute approximate surface area is 157 Å². The molecule has 2 aromatic carbocycles. The Morgan fingerprint density at radius 2 is 1.40 bits per heavy atom. The van der Waals surface area contributed by atoms with Crippen LogP contribution in [-0.2, 0) is 0 Å². The molecular formula is C24H28Sn. The van der Waals surface area contributed by atoms with Crippen LogP contribution in [0.4, 0.5) is 0 Å². The molecule has 25 heavy (non-hydrogen) atoms. The van der Waals surface area contributed by atoms with Crippen LogP contribution < -0.4 is 3.58 Å². The molecule has 0 N–H and O–H groups in total. The third kappa shape index (κ3) is 4.43. The fraction of sp³-hybridized carbons (Fsp3) is 0.167. The van der Waals surface area contributed by atoms with Crippen LogP contribution in [0.2, 0.25) is 13.3 Å². The topological polar surface area (TPSA) is 0 Å². The van der Waals surface area contributed by atoms with Crippen molar-refractivity contribution >= 4 is 28.0 Å². The van der Waals surface area contributed by atoms with Crippen molar-refractivity contribution in [3.8, 4) is 11.1 Å². The Kier molecular flexibility index (Phi) is 7.51. The van der Waals surface area contributed by atoms with Gasteiger partial charge < -0.3 is 0 Å². The van der Waals surface area contributed by atoms with Crippen molar-refractivity contribution in [3.63, 3.8) is 0 Å². The summed E-state index contributed by atoms with van der Waals surface area (Å²) >= 11 is -2.73. The standard InChI is InChI=1S/C15H13.3C3H5.Sn/c1-2-8-13-11-6-7-12-15(13)14-9-4-3-5-10-14;3*1-3-2;/h2-10,12H,1H3;3*3H,1-2H2;. The molecule has 0 spiro atoms. The predicted octanol–water partition coefficient (Wildman–Crippen LogP) is 6.60. The molecule has 128 valence electrons. The van der Waals surface area contributed by atoms with E-state index >= 15 is 0 Å². The van der Waals surface area contributed by atoms with Crippen molar-refractivity contribution in [1.82, 2.24) is 0 Å². The zero-order valence-electron chi connectivity index (χ0n) is 15.2. The number of hydrogen-bond acceptors (Lipinski definition) is 0. The molecule has 0 amide bonds. The molecule has 0 bridgehead atoms. The molecule has 2 rings (SSSR count). The first-order valence-electron chi connectivity index (χ1n) is 8.86. The van der Waals surface area contributed by atoms with Crippen LogP contribution in [0.15, 0.2) is 92.6 Å². The van der Waals surface area contributed by atoms with Crippen LogP contribution in [0, 0.1) is 0 Å². The van der Waals surface area contributed by atoms with E-state index in [4.69, 9.17) is 0 Å². The Bertz CT molecular complexity index is 726.